The lowest BCUT2D eigenvalue weighted by molar-refractivity contribution is 0.402. The van der Waals surface area contributed by atoms with Gasteiger partial charge in [-0.25, -0.2) is 13.1 Å². The number of nitrogens with one attached hydrogen (secondary N) is 1. The van der Waals surface area contributed by atoms with Crippen LogP contribution in [0.1, 0.15) is 32.4 Å². The van der Waals surface area contributed by atoms with E-state index in [9.17, 15) is 8.42 Å². The van der Waals surface area contributed by atoms with Crippen molar-refractivity contribution < 1.29 is 8.42 Å². The van der Waals surface area contributed by atoms with Crippen LogP contribution in [0.2, 0.25) is 0 Å². The van der Waals surface area contributed by atoms with E-state index >= 15 is 0 Å². The van der Waals surface area contributed by atoms with E-state index in [0.29, 0.717) is 17.5 Å². The van der Waals surface area contributed by atoms with Crippen molar-refractivity contribution in [1.29, 1.82) is 0 Å². The van der Waals surface area contributed by atoms with Gasteiger partial charge in [-0.15, -0.1) is 0 Å². The third-order valence-electron chi connectivity index (χ3n) is 4.07. The van der Waals surface area contributed by atoms with E-state index in [4.69, 9.17) is 18.0 Å². The Morgan fingerprint density at radius 3 is 2.55 bits per heavy atom. The third kappa shape index (κ3) is 3.16. The van der Waals surface area contributed by atoms with Crippen LogP contribution < -0.4 is 10.5 Å². The molecule has 0 saturated heterocycles. The van der Waals surface area contributed by atoms with Crippen molar-refractivity contribution in [3.63, 3.8) is 0 Å². The minimum absolute atomic E-state index is 0.00902. The number of aromatic nitrogens is 1. The van der Waals surface area contributed by atoms with Gasteiger partial charge in [0.15, 0.2) is 0 Å². The van der Waals surface area contributed by atoms with Crippen LogP contribution in [0.25, 0.3) is 0 Å². The fourth-order valence-corrected chi connectivity index (χ4v) is 3.91. The SMILES string of the molecule is CC1CCC(NS(=O)(=O)c2ccc(C(N)=S)nc2)C1C. The summed E-state index contributed by atoms with van der Waals surface area (Å²) in [7, 11) is -3.54. The number of thiocarbonyl (C=S) groups is 1. The molecular formula is C13H19N3O2S2. The largest absolute Gasteiger partial charge is 0.388 e. The first-order valence-electron chi connectivity index (χ1n) is 6.59. The van der Waals surface area contributed by atoms with E-state index < -0.39 is 10.0 Å². The standard InChI is InChI=1S/C13H19N3O2S2/c1-8-3-5-11(9(8)2)16-20(17,18)10-4-6-12(13(14)19)15-7-10/h4,6-9,11,16H,3,5H2,1-2H3,(H2,14,19). The summed E-state index contributed by atoms with van der Waals surface area (Å²) >= 11 is 4.79. The van der Waals surface area contributed by atoms with Gasteiger partial charge in [-0.1, -0.05) is 26.1 Å². The van der Waals surface area contributed by atoms with Crippen molar-refractivity contribution in [2.24, 2.45) is 17.6 Å². The number of nitrogens with zero attached hydrogens (tertiary/aromatic N) is 1. The topological polar surface area (TPSA) is 85.1 Å². The molecule has 1 aliphatic carbocycles. The highest BCUT2D eigenvalue weighted by atomic mass is 32.2. The second kappa shape index (κ2) is 5.75. The Balaban J connectivity index is 2.16. The van der Waals surface area contributed by atoms with Gasteiger partial charge in [0.2, 0.25) is 10.0 Å². The zero-order valence-electron chi connectivity index (χ0n) is 11.5. The molecule has 5 nitrogen and oxygen atoms in total. The maximum Gasteiger partial charge on any atom is 0.242 e. The van der Waals surface area contributed by atoms with Crippen LogP contribution in [-0.2, 0) is 10.0 Å². The highest BCUT2D eigenvalue weighted by Crippen LogP contribution is 2.31. The van der Waals surface area contributed by atoms with Crippen molar-refractivity contribution in [3.05, 3.63) is 24.0 Å². The molecule has 3 N–H and O–H groups in total. The van der Waals surface area contributed by atoms with Gasteiger partial charge in [0.05, 0.1) is 5.69 Å². The fourth-order valence-electron chi connectivity index (χ4n) is 2.48. The summed E-state index contributed by atoms with van der Waals surface area (Å²) in [6.45, 7) is 4.23. The van der Waals surface area contributed by atoms with E-state index in [1.165, 1.54) is 18.3 Å². The van der Waals surface area contributed by atoms with Crippen molar-refractivity contribution in [2.75, 3.05) is 0 Å². The van der Waals surface area contributed by atoms with E-state index in [1.54, 1.807) is 0 Å². The Kier molecular flexibility index (Phi) is 4.41. The molecule has 3 unspecified atom stereocenters. The van der Waals surface area contributed by atoms with Gasteiger partial charge in [0.1, 0.15) is 9.88 Å². The number of pyridine rings is 1. The van der Waals surface area contributed by atoms with E-state index in [2.05, 4.69) is 23.6 Å². The summed E-state index contributed by atoms with van der Waals surface area (Å²) in [4.78, 5) is 4.26. The first-order valence-corrected chi connectivity index (χ1v) is 8.48. The number of hydrogen-bond acceptors (Lipinski definition) is 4. The smallest absolute Gasteiger partial charge is 0.242 e. The monoisotopic (exact) mass is 313 g/mol. The average molecular weight is 313 g/mol. The molecule has 20 heavy (non-hydrogen) atoms. The van der Waals surface area contributed by atoms with Gasteiger partial charge >= 0.3 is 0 Å². The van der Waals surface area contributed by atoms with Crippen molar-refractivity contribution >= 4 is 27.2 Å². The van der Waals surface area contributed by atoms with Gasteiger partial charge in [0.25, 0.3) is 0 Å². The molecule has 110 valence electrons. The molecule has 7 heteroatoms. The molecule has 0 bridgehead atoms. The first-order chi connectivity index (χ1) is 9.31. The Labute approximate surface area is 125 Å². The quantitative estimate of drug-likeness (QED) is 0.821. The zero-order valence-corrected chi connectivity index (χ0v) is 13.2. The number of rotatable bonds is 4. The highest BCUT2D eigenvalue weighted by Gasteiger charge is 2.33. The molecule has 1 heterocycles. The minimum atomic E-state index is -3.54. The Morgan fingerprint density at radius 1 is 1.40 bits per heavy atom. The van der Waals surface area contributed by atoms with Crippen LogP contribution in [0.5, 0.6) is 0 Å². The second-order valence-corrected chi connectivity index (χ2v) is 7.54. The highest BCUT2D eigenvalue weighted by molar-refractivity contribution is 7.89. The maximum absolute atomic E-state index is 12.3. The molecule has 0 amide bonds. The Hall–Kier alpha value is -1.05. The summed E-state index contributed by atoms with van der Waals surface area (Å²) in [6.07, 6.45) is 3.22. The van der Waals surface area contributed by atoms with Gasteiger partial charge in [-0.3, -0.25) is 4.98 Å². The van der Waals surface area contributed by atoms with Crippen molar-refractivity contribution in [2.45, 2.75) is 37.6 Å². The molecule has 0 spiro atoms. The normalized spacial score (nSPS) is 26.6. The molecule has 1 saturated carbocycles. The van der Waals surface area contributed by atoms with Gasteiger partial charge in [-0.2, -0.15) is 0 Å². The van der Waals surface area contributed by atoms with E-state index in [1.807, 2.05) is 0 Å². The lowest BCUT2D eigenvalue weighted by atomic mass is 9.98. The average Bonchev–Trinajstić information content (AvgIpc) is 2.70. The fraction of sp³-hybridized carbons (Fsp3) is 0.538. The van der Waals surface area contributed by atoms with Crippen LogP contribution in [-0.4, -0.2) is 24.4 Å². The molecule has 0 aromatic carbocycles. The summed E-state index contributed by atoms with van der Waals surface area (Å²) in [5.41, 5.74) is 5.86. The predicted octanol–water partition coefficient (Wildman–Crippen LogP) is 1.43. The third-order valence-corrected chi connectivity index (χ3v) is 5.76. The second-order valence-electron chi connectivity index (χ2n) is 5.38. The maximum atomic E-state index is 12.3. The molecule has 1 fully saturated rings. The minimum Gasteiger partial charge on any atom is -0.388 e. The lowest BCUT2D eigenvalue weighted by Crippen LogP contribution is -2.37. The zero-order chi connectivity index (χ0) is 14.9. The van der Waals surface area contributed by atoms with Crippen LogP contribution in [0.15, 0.2) is 23.2 Å². The molecule has 2 rings (SSSR count). The predicted molar refractivity (Wildman–Crippen MR) is 81.8 cm³/mol. The Morgan fingerprint density at radius 2 is 2.10 bits per heavy atom. The molecule has 1 aliphatic rings. The summed E-state index contributed by atoms with van der Waals surface area (Å²) in [5, 5.41) is 0. The number of hydrogen-bond donors (Lipinski definition) is 2. The Bertz CT molecular complexity index is 599. The van der Waals surface area contributed by atoms with E-state index in [-0.39, 0.29) is 15.9 Å². The van der Waals surface area contributed by atoms with Crippen LogP contribution >= 0.6 is 12.2 Å². The molecule has 1 aromatic heterocycles. The summed E-state index contributed by atoms with van der Waals surface area (Å²) < 4.78 is 27.4. The number of nitrogens with two attached hydrogens (primary N) is 1. The molecule has 0 radical (unpaired) electrons. The molecule has 3 atom stereocenters. The van der Waals surface area contributed by atoms with Crippen LogP contribution in [0.4, 0.5) is 0 Å². The molecular weight excluding hydrogens is 294 g/mol. The van der Waals surface area contributed by atoms with E-state index in [0.717, 1.165) is 12.8 Å². The summed E-state index contributed by atoms with van der Waals surface area (Å²) in [5.74, 6) is 0.881. The molecule has 0 aliphatic heterocycles. The van der Waals surface area contributed by atoms with Gasteiger partial charge in [-0.05, 0) is 36.8 Å². The van der Waals surface area contributed by atoms with Crippen LogP contribution in [0, 0.1) is 11.8 Å². The van der Waals surface area contributed by atoms with Crippen molar-refractivity contribution in [1.82, 2.24) is 9.71 Å². The van der Waals surface area contributed by atoms with Gasteiger partial charge in [0, 0.05) is 12.2 Å². The lowest BCUT2D eigenvalue weighted by Gasteiger charge is -2.19. The van der Waals surface area contributed by atoms with Crippen LogP contribution in [0.3, 0.4) is 0 Å². The summed E-state index contributed by atoms with van der Waals surface area (Å²) in [6, 6.07) is 3.00. The first kappa shape index (κ1) is 15.3. The van der Waals surface area contributed by atoms with Gasteiger partial charge < -0.3 is 5.73 Å². The molecule has 1 aromatic rings. The van der Waals surface area contributed by atoms with Crippen molar-refractivity contribution in [3.8, 4) is 0 Å². The number of sulfonamides is 1.